The monoisotopic (exact) mass is 360 g/mol. The summed E-state index contributed by atoms with van der Waals surface area (Å²) in [5, 5.41) is 0. The number of hydrogen-bond acceptors (Lipinski definition) is 5. The van der Waals surface area contributed by atoms with Gasteiger partial charge in [-0.05, 0) is 32.1 Å². The van der Waals surface area contributed by atoms with Gasteiger partial charge < -0.3 is 14.5 Å². The van der Waals surface area contributed by atoms with E-state index in [4.69, 9.17) is 9.72 Å². The van der Waals surface area contributed by atoms with Crippen molar-refractivity contribution in [2.45, 2.75) is 52.4 Å². The van der Waals surface area contributed by atoms with Crippen LogP contribution in [0.2, 0.25) is 0 Å². The molecule has 3 rings (SSSR count). The Hall–Kier alpha value is -1.69. The van der Waals surface area contributed by atoms with Crippen molar-refractivity contribution in [1.29, 1.82) is 0 Å². The Morgan fingerprint density at radius 2 is 2.04 bits per heavy atom. The van der Waals surface area contributed by atoms with E-state index < -0.39 is 0 Å². The zero-order valence-electron chi connectivity index (χ0n) is 16.4. The maximum Gasteiger partial charge on any atom is 0.222 e. The third kappa shape index (κ3) is 4.93. The van der Waals surface area contributed by atoms with Gasteiger partial charge in [-0.3, -0.25) is 4.79 Å². The summed E-state index contributed by atoms with van der Waals surface area (Å²) < 4.78 is 5.45. The minimum absolute atomic E-state index is 0.294. The lowest BCUT2D eigenvalue weighted by Crippen LogP contribution is -2.40. The second kappa shape index (κ2) is 8.80. The summed E-state index contributed by atoms with van der Waals surface area (Å²) in [4.78, 5) is 26.2. The van der Waals surface area contributed by atoms with E-state index in [0.717, 1.165) is 76.0 Å². The molecule has 0 N–H and O–H groups in total. The van der Waals surface area contributed by atoms with Gasteiger partial charge in [0.15, 0.2) is 0 Å². The normalized spacial score (nSPS) is 21.3. The van der Waals surface area contributed by atoms with E-state index in [1.54, 1.807) is 0 Å². The van der Waals surface area contributed by atoms with Crippen LogP contribution in [0.25, 0.3) is 0 Å². The first kappa shape index (κ1) is 19.1. The Labute approximate surface area is 156 Å². The molecular formula is C20H32N4O2. The van der Waals surface area contributed by atoms with Gasteiger partial charge in [-0.2, -0.15) is 0 Å². The van der Waals surface area contributed by atoms with E-state index in [2.05, 4.69) is 29.8 Å². The van der Waals surface area contributed by atoms with Crippen LogP contribution in [0.15, 0.2) is 6.07 Å². The molecule has 0 aromatic carbocycles. The molecule has 1 atom stereocenters. The van der Waals surface area contributed by atoms with Crippen molar-refractivity contribution in [2.75, 3.05) is 44.3 Å². The van der Waals surface area contributed by atoms with Crippen LogP contribution in [0.3, 0.4) is 0 Å². The van der Waals surface area contributed by atoms with E-state index in [1.165, 1.54) is 0 Å². The van der Waals surface area contributed by atoms with Crippen LogP contribution in [0.1, 0.15) is 57.0 Å². The summed E-state index contributed by atoms with van der Waals surface area (Å²) >= 11 is 0. The lowest BCUT2D eigenvalue weighted by atomic mass is 9.93. The van der Waals surface area contributed by atoms with Crippen molar-refractivity contribution in [3.05, 3.63) is 17.6 Å². The number of ether oxygens (including phenoxy) is 1. The Morgan fingerprint density at radius 3 is 2.77 bits per heavy atom. The highest BCUT2D eigenvalue weighted by Gasteiger charge is 2.26. The average Bonchev–Trinajstić information content (AvgIpc) is 2.66. The summed E-state index contributed by atoms with van der Waals surface area (Å²) in [6.45, 7) is 11.2. The van der Waals surface area contributed by atoms with Crippen LogP contribution < -0.4 is 4.90 Å². The second-order valence-electron chi connectivity index (χ2n) is 7.91. The lowest BCUT2D eigenvalue weighted by Gasteiger charge is -2.33. The Kier molecular flexibility index (Phi) is 6.46. The molecule has 1 amide bonds. The molecule has 0 aliphatic carbocycles. The van der Waals surface area contributed by atoms with Crippen molar-refractivity contribution in [3.63, 3.8) is 0 Å². The van der Waals surface area contributed by atoms with Crippen LogP contribution in [0.5, 0.6) is 0 Å². The van der Waals surface area contributed by atoms with Gasteiger partial charge in [-0.15, -0.1) is 0 Å². The molecule has 0 radical (unpaired) electrons. The van der Waals surface area contributed by atoms with Crippen molar-refractivity contribution in [1.82, 2.24) is 14.9 Å². The molecule has 2 aliphatic heterocycles. The number of anilines is 1. The smallest absolute Gasteiger partial charge is 0.222 e. The molecule has 2 saturated heterocycles. The summed E-state index contributed by atoms with van der Waals surface area (Å²) in [6, 6.07) is 2.13. The Morgan fingerprint density at radius 1 is 1.27 bits per heavy atom. The second-order valence-corrected chi connectivity index (χ2v) is 7.91. The quantitative estimate of drug-likeness (QED) is 0.808. The van der Waals surface area contributed by atoms with Gasteiger partial charge in [0.2, 0.25) is 5.91 Å². The van der Waals surface area contributed by atoms with Gasteiger partial charge in [0.1, 0.15) is 11.6 Å². The van der Waals surface area contributed by atoms with Gasteiger partial charge >= 0.3 is 0 Å². The summed E-state index contributed by atoms with van der Waals surface area (Å²) in [5.41, 5.74) is 1.08. The molecule has 6 nitrogen and oxygen atoms in total. The molecule has 0 unspecified atom stereocenters. The number of likely N-dealkylation sites (tertiary alicyclic amines) is 1. The van der Waals surface area contributed by atoms with Gasteiger partial charge in [0.05, 0.1) is 18.9 Å². The molecule has 2 fully saturated rings. The molecule has 6 heteroatoms. The molecule has 26 heavy (non-hydrogen) atoms. The number of carbonyl (C=O) groups excluding carboxylic acids is 1. The molecule has 2 aliphatic rings. The van der Waals surface area contributed by atoms with Crippen molar-refractivity contribution < 1.29 is 9.53 Å². The predicted octanol–water partition coefficient (Wildman–Crippen LogP) is 2.76. The predicted molar refractivity (Wildman–Crippen MR) is 102 cm³/mol. The zero-order chi connectivity index (χ0) is 18.5. The molecule has 0 spiro atoms. The molecule has 1 aromatic rings. The summed E-state index contributed by atoms with van der Waals surface area (Å²) in [7, 11) is 0. The lowest BCUT2D eigenvalue weighted by molar-refractivity contribution is -0.132. The first-order valence-electron chi connectivity index (χ1n) is 9.99. The molecular weight excluding hydrogens is 328 g/mol. The van der Waals surface area contributed by atoms with E-state index in [1.807, 2.05) is 11.8 Å². The first-order chi connectivity index (χ1) is 12.5. The fourth-order valence-electron chi connectivity index (χ4n) is 3.75. The third-order valence-electron chi connectivity index (χ3n) is 5.31. The number of nitrogens with zero attached hydrogens (tertiary/aromatic N) is 4. The highest BCUT2D eigenvalue weighted by molar-refractivity contribution is 5.76. The maximum absolute atomic E-state index is 12.5. The molecule has 0 bridgehead atoms. The molecule has 1 aromatic heterocycles. The minimum atomic E-state index is 0.294. The number of piperidine rings is 1. The van der Waals surface area contributed by atoms with Gasteiger partial charge in [0.25, 0.3) is 0 Å². The average molecular weight is 361 g/mol. The maximum atomic E-state index is 12.5. The zero-order valence-corrected chi connectivity index (χ0v) is 16.4. The largest absolute Gasteiger partial charge is 0.378 e. The minimum Gasteiger partial charge on any atom is -0.378 e. The van der Waals surface area contributed by atoms with E-state index >= 15 is 0 Å². The van der Waals surface area contributed by atoms with Crippen molar-refractivity contribution in [3.8, 4) is 0 Å². The number of aryl methyl sites for hydroxylation is 1. The summed E-state index contributed by atoms with van der Waals surface area (Å²) in [5.74, 6) is 2.99. The standard InChI is InChI=1S/C20H32N4O2/c1-15(2)6-7-20(25)24-8-4-5-17(14-24)18-13-19(22-16(3)21-18)23-9-11-26-12-10-23/h13,15,17H,4-12,14H2,1-3H3/t17-/m0/s1. The number of rotatable bonds is 5. The topological polar surface area (TPSA) is 58.6 Å². The number of amides is 1. The highest BCUT2D eigenvalue weighted by atomic mass is 16.5. The number of aromatic nitrogens is 2. The van der Waals surface area contributed by atoms with Crippen LogP contribution in [0.4, 0.5) is 5.82 Å². The fourth-order valence-corrected chi connectivity index (χ4v) is 3.75. The van der Waals surface area contributed by atoms with Gasteiger partial charge in [-0.25, -0.2) is 9.97 Å². The Balaban J connectivity index is 1.69. The number of morpholine rings is 1. The van der Waals surface area contributed by atoms with Gasteiger partial charge in [-0.1, -0.05) is 13.8 Å². The van der Waals surface area contributed by atoms with Crippen LogP contribution in [-0.2, 0) is 9.53 Å². The highest BCUT2D eigenvalue weighted by Crippen LogP contribution is 2.28. The van der Waals surface area contributed by atoms with Crippen molar-refractivity contribution in [2.24, 2.45) is 5.92 Å². The fraction of sp³-hybridized carbons (Fsp3) is 0.750. The van der Waals surface area contributed by atoms with Crippen LogP contribution in [-0.4, -0.2) is 60.2 Å². The van der Waals surface area contributed by atoms with Crippen LogP contribution in [0, 0.1) is 12.8 Å². The molecule has 3 heterocycles. The van der Waals surface area contributed by atoms with Gasteiger partial charge in [0, 0.05) is 44.6 Å². The van der Waals surface area contributed by atoms with Crippen LogP contribution >= 0.6 is 0 Å². The SMILES string of the molecule is Cc1nc([C@H]2CCCN(C(=O)CCC(C)C)C2)cc(N2CCOCC2)n1. The first-order valence-corrected chi connectivity index (χ1v) is 9.99. The van der Waals surface area contributed by atoms with E-state index in [9.17, 15) is 4.79 Å². The number of carbonyl (C=O) groups is 1. The molecule has 144 valence electrons. The van der Waals surface area contributed by atoms with E-state index in [0.29, 0.717) is 24.2 Å². The third-order valence-corrected chi connectivity index (χ3v) is 5.31. The summed E-state index contributed by atoms with van der Waals surface area (Å²) in [6.07, 6.45) is 3.76. The molecule has 0 saturated carbocycles. The van der Waals surface area contributed by atoms with Crippen molar-refractivity contribution >= 4 is 11.7 Å². The number of hydrogen-bond donors (Lipinski definition) is 0. The van der Waals surface area contributed by atoms with E-state index in [-0.39, 0.29) is 0 Å². The Bertz CT molecular complexity index is 614.